The van der Waals surface area contributed by atoms with Crippen LogP contribution < -0.4 is 14.8 Å². The first-order valence-corrected chi connectivity index (χ1v) is 9.51. The molecule has 5 nitrogen and oxygen atoms in total. The second kappa shape index (κ2) is 6.85. The lowest BCUT2D eigenvalue weighted by molar-refractivity contribution is -0.123. The number of carbonyl (C=O) groups is 1. The van der Waals surface area contributed by atoms with Gasteiger partial charge in [0.2, 0.25) is 5.91 Å². The largest absolute Gasteiger partial charge is 0.486 e. The molecule has 3 aliphatic rings. The van der Waals surface area contributed by atoms with Gasteiger partial charge in [0.15, 0.2) is 11.5 Å². The number of hydrogen-bond acceptors (Lipinski definition) is 4. The van der Waals surface area contributed by atoms with Crippen molar-refractivity contribution in [2.45, 2.75) is 44.1 Å². The molecule has 26 heavy (non-hydrogen) atoms. The van der Waals surface area contributed by atoms with Gasteiger partial charge in [-0.15, -0.1) is 6.42 Å². The van der Waals surface area contributed by atoms with E-state index in [-0.39, 0.29) is 23.9 Å². The van der Waals surface area contributed by atoms with Crippen molar-refractivity contribution >= 4 is 5.91 Å². The molecule has 1 fully saturated rings. The maximum absolute atomic E-state index is 12.3. The summed E-state index contributed by atoms with van der Waals surface area (Å²) < 4.78 is 11.7. The summed E-state index contributed by atoms with van der Waals surface area (Å²) in [5.41, 5.74) is 2.78. The van der Waals surface area contributed by atoms with E-state index in [0.29, 0.717) is 19.8 Å². The average Bonchev–Trinajstić information content (AvgIpc) is 3.12. The standard InChI is InChI=1S/C21H26N2O3/c1-3-8-22-20(24)13-23-14-21(6-4-5-7-21)17-12-19-18(25-9-10-26-19)11-16(17)15(23)2/h1,11-12,15H,4-10,13-14H2,2H3,(H,22,24). The highest BCUT2D eigenvalue weighted by atomic mass is 16.6. The number of ether oxygens (including phenoxy) is 2. The number of benzene rings is 1. The quantitative estimate of drug-likeness (QED) is 0.847. The number of hydrogen-bond donors (Lipinski definition) is 1. The maximum atomic E-state index is 12.3. The van der Waals surface area contributed by atoms with Gasteiger partial charge in [-0.25, -0.2) is 0 Å². The summed E-state index contributed by atoms with van der Waals surface area (Å²) in [6.07, 6.45) is 10.0. The Hall–Kier alpha value is -2.19. The first kappa shape index (κ1) is 17.2. The van der Waals surface area contributed by atoms with Gasteiger partial charge >= 0.3 is 0 Å². The number of terminal acetylenes is 1. The van der Waals surface area contributed by atoms with Crippen LogP contribution in [-0.2, 0) is 10.2 Å². The predicted molar refractivity (Wildman–Crippen MR) is 99.4 cm³/mol. The summed E-state index contributed by atoms with van der Waals surface area (Å²) in [5.74, 6) is 4.15. The third-order valence-corrected chi connectivity index (χ3v) is 6.08. The van der Waals surface area contributed by atoms with Crippen LogP contribution in [0, 0.1) is 12.3 Å². The van der Waals surface area contributed by atoms with E-state index < -0.39 is 0 Å². The molecule has 2 heterocycles. The molecule has 0 saturated heterocycles. The van der Waals surface area contributed by atoms with Crippen molar-refractivity contribution in [1.82, 2.24) is 10.2 Å². The van der Waals surface area contributed by atoms with Gasteiger partial charge in [-0.05, 0) is 43.0 Å². The lowest BCUT2D eigenvalue weighted by Gasteiger charge is -2.46. The average molecular weight is 354 g/mol. The number of nitrogens with one attached hydrogen (secondary N) is 1. The van der Waals surface area contributed by atoms with E-state index >= 15 is 0 Å². The molecule has 1 amide bonds. The number of rotatable bonds is 3. The molecule has 0 aromatic heterocycles. The van der Waals surface area contributed by atoms with Crippen molar-refractivity contribution in [3.05, 3.63) is 23.3 Å². The van der Waals surface area contributed by atoms with Gasteiger partial charge in [-0.3, -0.25) is 9.69 Å². The van der Waals surface area contributed by atoms with E-state index in [1.54, 1.807) is 0 Å². The lowest BCUT2D eigenvalue weighted by atomic mass is 9.71. The van der Waals surface area contributed by atoms with Gasteiger partial charge < -0.3 is 14.8 Å². The molecule has 0 radical (unpaired) electrons. The van der Waals surface area contributed by atoms with Crippen molar-refractivity contribution in [2.75, 3.05) is 32.8 Å². The topological polar surface area (TPSA) is 50.8 Å². The Kier molecular flexibility index (Phi) is 4.54. The van der Waals surface area contributed by atoms with Gasteiger partial charge in [-0.2, -0.15) is 0 Å². The van der Waals surface area contributed by atoms with Crippen LogP contribution in [0.1, 0.15) is 49.8 Å². The number of nitrogens with zero attached hydrogens (tertiary/aromatic N) is 1. The van der Waals surface area contributed by atoms with Crippen molar-refractivity contribution in [2.24, 2.45) is 0 Å². The summed E-state index contributed by atoms with van der Waals surface area (Å²) in [4.78, 5) is 14.6. The minimum atomic E-state index is -0.0102. The zero-order valence-corrected chi connectivity index (χ0v) is 15.3. The minimum absolute atomic E-state index is 0.0102. The molecule has 5 heteroatoms. The fourth-order valence-electron chi connectivity index (χ4n) is 4.78. The SMILES string of the molecule is C#CCNC(=O)CN1CC2(CCCC2)c2cc3c(cc2C1C)OCCO3. The van der Waals surface area contributed by atoms with Crippen molar-refractivity contribution in [3.63, 3.8) is 0 Å². The van der Waals surface area contributed by atoms with E-state index in [9.17, 15) is 4.79 Å². The molecule has 2 aliphatic heterocycles. The maximum Gasteiger partial charge on any atom is 0.234 e. The first-order chi connectivity index (χ1) is 12.6. The molecule has 0 bridgehead atoms. The predicted octanol–water partition coefficient (Wildman–Crippen LogP) is 2.40. The first-order valence-electron chi connectivity index (χ1n) is 9.51. The molecule has 1 aliphatic carbocycles. The lowest BCUT2D eigenvalue weighted by Crippen LogP contribution is -2.49. The molecular formula is C21H26N2O3. The Morgan fingerprint density at radius 1 is 1.31 bits per heavy atom. The van der Waals surface area contributed by atoms with Crippen molar-refractivity contribution in [3.8, 4) is 23.8 Å². The number of amides is 1. The van der Waals surface area contributed by atoms with Crippen molar-refractivity contribution in [1.29, 1.82) is 0 Å². The van der Waals surface area contributed by atoms with Gasteiger partial charge in [0.05, 0.1) is 13.1 Å². The molecule has 1 aromatic carbocycles. The Labute approximate surface area is 155 Å². The molecule has 1 aromatic rings. The Bertz CT molecular complexity index is 746. The highest BCUT2D eigenvalue weighted by Crippen LogP contribution is 2.51. The Morgan fingerprint density at radius 3 is 2.69 bits per heavy atom. The van der Waals surface area contributed by atoms with E-state index in [2.05, 4.69) is 35.2 Å². The molecule has 4 rings (SSSR count). The summed E-state index contributed by atoms with van der Waals surface area (Å²) >= 11 is 0. The fourth-order valence-corrected chi connectivity index (χ4v) is 4.78. The summed E-state index contributed by atoms with van der Waals surface area (Å²) in [6.45, 7) is 4.93. The Morgan fingerprint density at radius 2 is 2.00 bits per heavy atom. The third-order valence-electron chi connectivity index (χ3n) is 6.08. The van der Waals surface area contributed by atoms with Crippen LogP contribution in [0.2, 0.25) is 0 Å². The van der Waals surface area contributed by atoms with Gasteiger partial charge in [0.1, 0.15) is 13.2 Å². The highest BCUT2D eigenvalue weighted by Gasteiger charge is 2.45. The number of fused-ring (bicyclic) bond motifs is 3. The summed E-state index contributed by atoms with van der Waals surface area (Å²) in [7, 11) is 0. The monoisotopic (exact) mass is 354 g/mol. The molecule has 138 valence electrons. The highest BCUT2D eigenvalue weighted by molar-refractivity contribution is 5.78. The zero-order valence-electron chi connectivity index (χ0n) is 15.3. The van der Waals surface area contributed by atoms with E-state index in [1.807, 2.05) is 0 Å². The van der Waals surface area contributed by atoms with Crippen LogP contribution in [0.15, 0.2) is 12.1 Å². The second-order valence-corrected chi connectivity index (χ2v) is 7.63. The van der Waals surface area contributed by atoms with Crippen LogP contribution in [0.25, 0.3) is 0 Å². The van der Waals surface area contributed by atoms with Crippen LogP contribution in [-0.4, -0.2) is 43.7 Å². The molecule has 1 saturated carbocycles. The van der Waals surface area contributed by atoms with E-state index in [0.717, 1.165) is 30.9 Å². The fraction of sp³-hybridized carbons (Fsp3) is 0.571. The third kappa shape index (κ3) is 2.93. The van der Waals surface area contributed by atoms with Gasteiger partial charge in [0, 0.05) is 18.0 Å². The molecule has 1 atom stereocenters. The van der Waals surface area contributed by atoms with E-state index in [1.165, 1.54) is 24.0 Å². The van der Waals surface area contributed by atoms with Gasteiger partial charge in [0.25, 0.3) is 0 Å². The second-order valence-electron chi connectivity index (χ2n) is 7.63. The Balaban J connectivity index is 1.69. The summed E-state index contributed by atoms with van der Waals surface area (Å²) in [6, 6.07) is 4.50. The van der Waals surface area contributed by atoms with Crippen LogP contribution in [0.5, 0.6) is 11.5 Å². The molecular weight excluding hydrogens is 328 g/mol. The smallest absolute Gasteiger partial charge is 0.234 e. The normalized spacial score (nSPS) is 23.3. The zero-order chi connectivity index (χ0) is 18.1. The number of carbonyl (C=O) groups excluding carboxylic acids is 1. The molecule has 1 unspecified atom stereocenters. The van der Waals surface area contributed by atoms with Crippen LogP contribution in [0.4, 0.5) is 0 Å². The van der Waals surface area contributed by atoms with Crippen LogP contribution >= 0.6 is 0 Å². The molecule has 1 N–H and O–H groups in total. The summed E-state index contributed by atoms with van der Waals surface area (Å²) in [5, 5.41) is 2.79. The van der Waals surface area contributed by atoms with E-state index in [4.69, 9.17) is 15.9 Å². The molecule has 1 spiro atoms. The minimum Gasteiger partial charge on any atom is -0.486 e. The van der Waals surface area contributed by atoms with Crippen LogP contribution in [0.3, 0.4) is 0 Å². The van der Waals surface area contributed by atoms with Crippen molar-refractivity contribution < 1.29 is 14.3 Å². The van der Waals surface area contributed by atoms with Gasteiger partial charge in [-0.1, -0.05) is 18.8 Å².